The van der Waals surface area contributed by atoms with Crippen LogP contribution in [0.1, 0.15) is 31.1 Å². The van der Waals surface area contributed by atoms with Gasteiger partial charge in [0, 0.05) is 20.8 Å². The quantitative estimate of drug-likeness (QED) is 0.505. The molecule has 0 amide bonds. The van der Waals surface area contributed by atoms with Gasteiger partial charge >= 0.3 is 11.9 Å². The van der Waals surface area contributed by atoms with Gasteiger partial charge in [-0.2, -0.15) is 0 Å². The van der Waals surface area contributed by atoms with Crippen molar-refractivity contribution < 1.29 is 29.0 Å². The van der Waals surface area contributed by atoms with Gasteiger partial charge in [-0.25, -0.2) is 4.79 Å². The van der Waals surface area contributed by atoms with Gasteiger partial charge in [-0.1, -0.05) is 12.1 Å². The van der Waals surface area contributed by atoms with Gasteiger partial charge in [-0.15, -0.1) is 0 Å². The van der Waals surface area contributed by atoms with E-state index in [0.29, 0.717) is 0 Å². The summed E-state index contributed by atoms with van der Waals surface area (Å²) < 4.78 is 4.69. The molecule has 1 aromatic carbocycles. The van der Waals surface area contributed by atoms with Crippen LogP contribution in [-0.2, 0) is 14.4 Å². The predicted octanol–water partition coefficient (Wildman–Crippen LogP) is 1.47. The number of para-hydroxylation sites is 1. The summed E-state index contributed by atoms with van der Waals surface area (Å²) in [6, 6.07) is 5.98. The molecule has 0 unspecified atom stereocenters. The maximum Gasteiger partial charge on any atom is 0.339 e. The van der Waals surface area contributed by atoms with Gasteiger partial charge in [0.2, 0.25) is 0 Å². The van der Waals surface area contributed by atoms with Gasteiger partial charge in [0.25, 0.3) is 0 Å². The molecule has 0 radical (unpaired) electrons. The second-order valence-electron chi connectivity index (χ2n) is 3.51. The number of carboxylic acid groups (broad SMARTS) is 1. The Morgan fingerprint density at radius 2 is 1.42 bits per heavy atom. The highest BCUT2D eigenvalue weighted by Gasteiger charge is 2.10. The van der Waals surface area contributed by atoms with E-state index in [1.807, 2.05) is 0 Å². The number of carbonyl (C=O) groups excluding carboxylic acids is 3. The predicted molar refractivity (Wildman–Crippen MR) is 66.1 cm³/mol. The van der Waals surface area contributed by atoms with E-state index in [9.17, 15) is 19.2 Å². The van der Waals surface area contributed by atoms with Crippen LogP contribution in [-0.4, -0.2) is 28.6 Å². The van der Waals surface area contributed by atoms with Gasteiger partial charge in [0.1, 0.15) is 11.3 Å². The maximum absolute atomic E-state index is 10.6. The molecule has 0 aliphatic rings. The van der Waals surface area contributed by atoms with Crippen molar-refractivity contribution >= 4 is 23.5 Å². The first-order valence-corrected chi connectivity index (χ1v) is 5.28. The highest BCUT2D eigenvalue weighted by Crippen LogP contribution is 2.17. The molecule has 1 N–H and O–H groups in total. The Hall–Kier alpha value is -2.50. The van der Waals surface area contributed by atoms with E-state index >= 15 is 0 Å². The molecule has 0 atom stereocenters. The number of benzene rings is 1. The standard InChI is InChI=1S/C9H8O4.C4H6O2/c1-6(10)13-8-5-3-2-4-7(8)9(11)12;1-3(5)4(2)6/h2-5H,1H3,(H,11,12);1-2H3. The topological polar surface area (TPSA) is 97.7 Å². The molecule has 0 spiro atoms. The highest BCUT2D eigenvalue weighted by atomic mass is 16.5. The Labute approximate surface area is 110 Å². The zero-order valence-corrected chi connectivity index (χ0v) is 10.8. The van der Waals surface area contributed by atoms with Crippen LogP contribution < -0.4 is 4.74 Å². The molecule has 0 heterocycles. The molecular formula is C13H14O6. The molecule has 0 bridgehead atoms. The number of Topliss-reactive ketones (excluding diaryl/α,β-unsaturated/α-hetero) is 2. The first kappa shape index (κ1) is 16.5. The van der Waals surface area contributed by atoms with Crippen molar-refractivity contribution in [3.63, 3.8) is 0 Å². The van der Waals surface area contributed by atoms with Gasteiger partial charge < -0.3 is 9.84 Å². The number of ether oxygens (including phenoxy) is 1. The first-order chi connectivity index (χ1) is 8.75. The number of hydrogen-bond acceptors (Lipinski definition) is 5. The van der Waals surface area contributed by atoms with Crippen LogP contribution in [0.4, 0.5) is 0 Å². The van der Waals surface area contributed by atoms with E-state index in [1.54, 1.807) is 12.1 Å². The molecular weight excluding hydrogens is 252 g/mol. The molecule has 0 saturated heterocycles. The summed E-state index contributed by atoms with van der Waals surface area (Å²) in [5.74, 6) is -2.34. The van der Waals surface area contributed by atoms with E-state index in [-0.39, 0.29) is 22.9 Å². The van der Waals surface area contributed by atoms with Crippen LogP contribution in [0.3, 0.4) is 0 Å². The zero-order chi connectivity index (χ0) is 15.0. The average Bonchev–Trinajstić information content (AvgIpc) is 2.29. The maximum atomic E-state index is 10.6. The lowest BCUT2D eigenvalue weighted by Crippen LogP contribution is -2.06. The smallest absolute Gasteiger partial charge is 0.339 e. The minimum Gasteiger partial charge on any atom is -0.478 e. The zero-order valence-electron chi connectivity index (χ0n) is 10.8. The number of ketones is 2. The molecule has 1 aromatic rings. The number of rotatable bonds is 3. The van der Waals surface area contributed by atoms with Crippen molar-refractivity contribution in [2.75, 3.05) is 0 Å². The number of hydrogen-bond donors (Lipinski definition) is 1. The number of carboxylic acids is 1. The molecule has 0 aromatic heterocycles. The first-order valence-electron chi connectivity index (χ1n) is 5.28. The van der Waals surface area contributed by atoms with E-state index in [2.05, 4.69) is 4.74 Å². The lowest BCUT2D eigenvalue weighted by molar-refractivity contribution is -0.134. The van der Waals surface area contributed by atoms with Gasteiger partial charge in [-0.05, 0) is 12.1 Å². The Balaban J connectivity index is 0.000000459. The van der Waals surface area contributed by atoms with Crippen molar-refractivity contribution in [2.24, 2.45) is 0 Å². The third-order valence-electron chi connectivity index (χ3n) is 1.87. The fraction of sp³-hybridized carbons (Fsp3) is 0.231. The fourth-order valence-corrected chi connectivity index (χ4v) is 0.887. The number of aromatic carboxylic acids is 1. The summed E-state index contributed by atoms with van der Waals surface area (Å²) in [5.41, 5.74) is -0.0160. The van der Waals surface area contributed by atoms with Crippen LogP contribution in [0.5, 0.6) is 5.75 Å². The Morgan fingerprint density at radius 3 is 1.79 bits per heavy atom. The molecule has 102 valence electrons. The van der Waals surface area contributed by atoms with Gasteiger partial charge in [0.05, 0.1) is 0 Å². The van der Waals surface area contributed by atoms with Gasteiger partial charge in [-0.3, -0.25) is 14.4 Å². The summed E-state index contributed by atoms with van der Waals surface area (Å²) in [6.07, 6.45) is 0. The van der Waals surface area contributed by atoms with Crippen molar-refractivity contribution in [3.8, 4) is 5.75 Å². The van der Waals surface area contributed by atoms with Crippen molar-refractivity contribution in [2.45, 2.75) is 20.8 Å². The third-order valence-corrected chi connectivity index (χ3v) is 1.87. The summed E-state index contributed by atoms with van der Waals surface area (Å²) >= 11 is 0. The molecule has 6 nitrogen and oxygen atoms in total. The average molecular weight is 266 g/mol. The minimum atomic E-state index is -1.11. The molecule has 1 rings (SSSR count). The SMILES string of the molecule is CC(=O)C(C)=O.CC(=O)Oc1ccccc1C(=O)O. The van der Waals surface area contributed by atoms with E-state index in [0.717, 1.165) is 0 Å². The van der Waals surface area contributed by atoms with E-state index < -0.39 is 11.9 Å². The van der Waals surface area contributed by atoms with Crippen LogP contribution in [0.15, 0.2) is 24.3 Å². The summed E-state index contributed by atoms with van der Waals surface area (Å²) in [6.45, 7) is 3.73. The highest BCUT2D eigenvalue weighted by molar-refractivity contribution is 6.35. The monoisotopic (exact) mass is 266 g/mol. The molecule has 6 heteroatoms. The normalized spacial score (nSPS) is 8.79. The minimum absolute atomic E-state index is 0.0160. The third kappa shape index (κ3) is 6.72. The van der Waals surface area contributed by atoms with Crippen molar-refractivity contribution in [1.82, 2.24) is 0 Å². The Bertz CT molecular complexity index is 492. The number of esters is 1. The molecule has 0 aliphatic carbocycles. The number of carbonyl (C=O) groups is 4. The second-order valence-corrected chi connectivity index (χ2v) is 3.51. The summed E-state index contributed by atoms with van der Waals surface area (Å²) in [5, 5.41) is 8.69. The lowest BCUT2D eigenvalue weighted by atomic mass is 10.2. The molecule has 0 fully saturated rings. The summed E-state index contributed by atoms with van der Waals surface area (Å²) in [7, 11) is 0. The van der Waals surface area contributed by atoms with E-state index in [4.69, 9.17) is 5.11 Å². The fourth-order valence-electron chi connectivity index (χ4n) is 0.887. The van der Waals surface area contributed by atoms with Crippen LogP contribution in [0, 0.1) is 0 Å². The molecule has 19 heavy (non-hydrogen) atoms. The van der Waals surface area contributed by atoms with Crippen molar-refractivity contribution in [3.05, 3.63) is 29.8 Å². The Morgan fingerprint density at radius 1 is 0.947 bits per heavy atom. The Kier molecular flexibility index (Phi) is 6.73. The molecule has 0 saturated carbocycles. The van der Waals surface area contributed by atoms with Crippen LogP contribution in [0.2, 0.25) is 0 Å². The van der Waals surface area contributed by atoms with Crippen LogP contribution >= 0.6 is 0 Å². The van der Waals surface area contributed by atoms with Crippen LogP contribution in [0.25, 0.3) is 0 Å². The van der Waals surface area contributed by atoms with E-state index in [1.165, 1.54) is 32.9 Å². The second kappa shape index (κ2) is 7.75. The van der Waals surface area contributed by atoms with Gasteiger partial charge in [0.15, 0.2) is 11.6 Å². The molecule has 0 aliphatic heterocycles. The summed E-state index contributed by atoms with van der Waals surface area (Å²) in [4.78, 5) is 40.8. The van der Waals surface area contributed by atoms with Crippen molar-refractivity contribution in [1.29, 1.82) is 0 Å². The largest absolute Gasteiger partial charge is 0.478 e. The lowest BCUT2D eigenvalue weighted by Gasteiger charge is -2.03.